The van der Waals surface area contributed by atoms with Crippen LogP contribution < -0.4 is 0 Å². The molecule has 0 bridgehead atoms. The highest BCUT2D eigenvalue weighted by Crippen LogP contribution is 2.32. The lowest BCUT2D eigenvalue weighted by Gasteiger charge is -2.10. The Hall–Kier alpha value is -1.17. The van der Waals surface area contributed by atoms with Crippen LogP contribution in [0.25, 0.3) is 6.08 Å². The molecule has 1 amide bonds. The van der Waals surface area contributed by atoms with Crippen LogP contribution in [0, 0.1) is 0 Å². The van der Waals surface area contributed by atoms with Crippen molar-refractivity contribution in [1.82, 2.24) is 4.90 Å². The second-order valence-electron chi connectivity index (χ2n) is 4.02. The smallest absolute Gasteiger partial charge is 0.266 e. The molecule has 1 aliphatic heterocycles. The normalized spacial score (nSPS) is 17.9. The van der Waals surface area contributed by atoms with Crippen LogP contribution in [0.1, 0.15) is 5.56 Å². The molecule has 1 heterocycles. The van der Waals surface area contributed by atoms with Crippen molar-refractivity contribution in [1.29, 1.82) is 0 Å². The lowest BCUT2D eigenvalue weighted by Crippen LogP contribution is -2.27. The van der Waals surface area contributed by atoms with Crippen LogP contribution in [-0.4, -0.2) is 21.7 Å². The van der Waals surface area contributed by atoms with E-state index in [0.717, 1.165) is 10.0 Å². The third-order valence-electron chi connectivity index (χ3n) is 2.56. The molecule has 2 nitrogen and oxygen atoms in total. The first-order valence-electron chi connectivity index (χ1n) is 5.90. The molecule has 1 aromatic carbocycles. The van der Waals surface area contributed by atoms with E-state index in [4.69, 9.17) is 12.2 Å². The molecule has 102 valence electrons. The SMILES string of the molecule is C=CCN1C(=O)/C(=C\C(Br)=C/c2ccccc2)SC1=S. The summed E-state index contributed by atoms with van der Waals surface area (Å²) >= 11 is 9.97. The number of amides is 1. The van der Waals surface area contributed by atoms with Gasteiger partial charge < -0.3 is 0 Å². The van der Waals surface area contributed by atoms with Gasteiger partial charge in [-0.15, -0.1) is 6.58 Å². The molecule has 1 aliphatic rings. The van der Waals surface area contributed by atoms with Crippen molar-refractivity contribution < 1.29 is 4.79 Å². The van der Waals surface area contributed by atoms with E-state index in [2.05, 4.69) is 22.5 Å². The van der Waals surface area contributed by atoms with E-state index in [-0.39, 0.29) is 5.91 Å². The number of carbonyl (C=O) groups excluding carboxylic acids is 1. The first-order valence-corrected chi connectivity index (χ1v) is 7.92. The summed E-state index contributed by atoms with van der Waals surface area (Å²) in [6, 6.07) is 9.90. The maximum atomic E-state index is 12.1. The lowest BCUT2D eigenvalue weighted by molar-refractivity contribution is -0.121. The number of hydrogen-bond donors (Lipinski definition) is 0. The quantitative estimate of drug-likeness (QED) is 0.449. The van der Waals surface area contributed by atoms with Crippen molar-refractivity contribution in [3.8, 4) is 0 Å². The number of hydrogen-bond acceptors (Lipinski definition) is 3. The highest BCUT2D eigenvalue weighted by molar-refractivity contribution is 9.12. The van der Waals surface area contributed by atoms with Crippen LogP contribution in [0.5, 0.6) is 0 Å². The molecule has 0 N–H and O–H groups in total. The molecule has 5 heteroatoms. The number of carbonyl (C=O) groups is 1. The van der Waals surface area contributed by atoms with Gasteiger partial charge in [0.05, 0.1) is 4.91 Å². The van der Waals surface area contributed by atoms with Crippen LogP contribution in [0.15, 0.2) is 58.5 Å². The summed E-state index contributed by atoms with van der Waals surface area (Å²) < 4.78 is 1.41. The fraction of sp³-hybridized carbons (Fsp3) is 0.0667. The van der Waals surface area contributed by atoms with Gasteiger partial charge in [0, 0.05) is 11.0 Å². The first-order chi connectivity index (χ1) is 9.61. The number of thioether (sulfide) groups is 1. The summed E-state index contributed by atoms with van der Waals surface area (Å²) in [6.07, 6.45) is 5.43. The molecule has 0 atom stereocenters. The number of allylic oxidation sites excluding steroid dienone is 2. The average molecular weight is 366 g/mol. The van der Waals surface area contributed by atoms with Gasteiger partial charge in [-0.05, 0) is 17.7 Å². The molecule has 2 rings (SSSR count). The molecular formula is C15H12BrNOS2. The van der Waals surface area contributed by atoms with Crippen LogP contribution in [0.4, 0.5) is 0 Å². The van der Waals surface area contributed by atoms with E-state index < -0.39 is 0 Å². The van der Waals surface area contributed by atoms with E-state index in [1.807, 2.05) is 36.4 Å². The van der Waals surface area contributed by atoms with Gasteiger partial charge in [-0.25, -0.2) is 0 Å². The predicted molar refractivity (Wildman–Crippen MR) is 93.5 cm³/mol. The molecular weight excluding hydrogens is 354 g/mol. The number of rotatable bonds is 4. The van der Waals surface area contributed by atoms with Gasteiger partial charge in [-0.3, -0.25) is 9.69 Å². The number of halogens is 1. The Morgan fingerprint density at radius 2 is 2.10 bits per heavy atom. The minimum absolute atomic E-state index is 0.0710. The van der Waals surface area contributed by atoms with Crippen molar-refractivity contribution >= 4 is 56.2 Å². The molecule has 1 aromatic rings. The summed E-state index contributed by atoms with van der Waals surface area (Å²) in [4.78, 5) is 14.3. The monoisotopic (exact) mass is 365 g/mol. The molecule has 0 radical (unpaired) electrons. The molecule has 0 unspecified atom stereocenters. The third kappa shape index (κ3) is 3.69. The fourth-order valence-electron chi connectivity index (χ4n) is 1.66. The zero-order chi connectivity index (χ0) is 14.5. The topological polar surface area (TPSA) is 20.3 Å². The second kappa shape index (κ2) is 7.02. The van der Waals surface area contributed by atoms with Crippen molar-refractivity contribution in [3.63, 3.8) is 0 Å². The second-order valence-corrected chi connectivity index (χ2v) is 6.61. The van der Waals surface area contributed by atoms with Crippen molar-refractivity contribution in [2.45, 2.75) is 0 Å². The van der Waals surface area contributed by atoms with Gasteiger partial charge in [0.25, 0.3) is 5.91 Å². The van der Waals surface area contributed by atoms with E-state index in [9.17, 15) is 4.79 Å². The highest BCUT2D eigenvalue weighted by Gasteiger charge is 2.30. The van der Waals surface area contributed by atoms with E-state index >= 15 is 0 Å². The van der Waals surface area contributed by atoms with Crippen LogP contribution >= 0.6 is 39.9 Å². The third-order valence-corrected chi connectivity index (χ3v) is 4.39. The number of thiocarbonyl (C=S) groups is 1. The molecule has 0 aliphatic carbocycles. The number of nitrogens with zero attached hydrogens (tertiary/aromatic N) is 1. The number of benzene rings is 1. The molecule has 0 saturated carbocycles. The minimum atomic E-state index is -0.0710. The summed E-state index contributed by atoms with van der Waals surface area (Å²) in [6.45, 7) is 4.08. The minimum Gasteiger partial charge on any atom is -0.289 e. The van der Waals surface area contributed by atoms with Crippen molar-refractivity contribution in [2.75, 3.05) is 6.54 Å². The Morgan fingerprint density at radius 1 is 1.40 bits per heavy atom. The predicted octanol–water partition coefficient (Wildman–Crippen LogP) is 4.35. The molecule has 1 fully saturated rings. The fourth-order valence-corrected chi connectivity index (χ4v) is 3.57. The first kappa shape index (κ1) is 15.2. The van der Waals surface area contributed by atoms with Crippen LogP contribution in [-0.2, 0) is 4.79 Å². The average Bonchev–Trinajstić information content (AvgIpc) is 2.68. The summed E-state index contributed by atoms with van der Waals surface area (Å²) in [7, 11) is 0. The largest absolute Gasteiger partial charge is 0.289 e. The molecule has 20 heavy (non-hydrogen) atoms. The van der Waals surface area contributed by atoms with E-state index in [1.54, 1.807) is 17.1 Å². The summed E-state index contributed by atoms with van der Waals surface area (Å²) in [5.74, 6) is -0.0710. The maximum absolute atomic E-state index is 12.1. The van der Waals surface area contributed by atoms with Gasteiger partial charge in [0.15, 0.2) is 0 Å². The van der Waals surface area contributed by atoms with Gasteiger partial charge in [0.2, 0.25) is 0 Å². The molecule has 0 spiro atoms. The Morgan fingerprint density at radius 3 is 2.75 bits per heavy atom. The zero-order valence-electron chi connectivity index (χ0n) is 10.6. The van der Waals surface area contributed by atoms with Gasteiger partial charge >= 0.3 is 0 Å². The Labute approximate surface area is 136 Å². The Bertz CT molecular complexity index is 608. The van der Waals surface area contributed by atoms with Gasteiger partial charge in [-0.2, -0.15) is 0 Å². The van der Waals surface area contributed by atoms with Gasteiger partial charge in [0.1, 0.15) is 4.32 Å². The zero-order valence-corrected chi connectivity index (χ0v) is 13.8. The van der Waals surface area contributed by atoms with Gasteiger partial charge in [-0.1, -0.05) is 76.3 Å². The lowest BCUT2D eigenvalue weighted by atomic mass is 10.2. The molecule has 0 aromatic heterocycles. The maximum Gasteiger partial charge on any atom is 0.266 e. The standard InChI is InChI=1S/C15H12BrNOS2/c1-2-8-17-14(18)13(20-15(17)19)10-12(16)9-11-6-4-3-5-7-11/h2-7,9-10H,1,8H2/b12-9+,13-10+. The van der Waals surface area contributed by atoms with E-state index in [1.165, 1.54) is 11.8 Å². The van der Waals surface area contributed by atoms with Crippen LogP contribution in [0.3, 0.4) is 0 Å². The van der Waals surface area contributed by atoms with Crippen molar-refractivity contribution in [2.24, 2.45) is 0 Å². The summed E-state index contributed by atoms with van der Waals surface area (Å²) in [5.41, 5.74) is 1.07. The van der Waals surface area contributed by atoms with Crippen molar-refractivity contribution in [3.05, 3.63) is 64.0 Å². The summed E-state index contributed by atoms with van der Waals surface area (Å²) in [5, 5.41) is 0. The Balaban J connectivity index is 2.19. The van der Waals surface area contributed by atoms with Crippen LogP contribution in [0.2, 0.25) is 0 Å². The Kier molecular flexibility index (Phi) is 5.34. The highest BCUT2D eigenvalue weighted by atomic mass is 79.9. The molecule has 1 saturated heterocycles. The van der Waals surface area contributed by atoms with E-state index in [0.29, 0.717) is 15.8 Å².